The standard InChI is InChI=1S/C22H24N2O7S/c1-5-31-19(27)16-12(2)15-17(26)24(22(3,4)20(28)29)21(30)23(18(15)32-16)11-14(25)13-9-7-6-8-10-13/h6-10,14,25H,5,11H2,1-4H3,(H,28,29)/t14-/m1/s1. The van der Waals surface area contributed by atoms with Gasteiger partial charge in [-0.05, 0) is 38.8 Å². The molecular formula is C22H24N2O7S. The molecule has 0 radical (unpaired) electrons. The number of rotatable bonds is 7. The molecule has 2 N–H and O–H groups in total. The van der Waals surface area contributed by atoms with E-state index in [9.17, 15) is 29.4 Å². The lowest BCUT2D eigenvalue weighted by Gasteiger charge is -2.24. The van der Waals surface area contributed by atoms with Gasteiger partial charge in [-0.2, -0.15) is 0 Å². The minimum atomic E-state index is -1.86. The molecule has 0 aliphatic heterocycles. The molecule has 0 saturated carbocycles. The number of benzene rings is 1. The summed E-state index contributed by atoms with van der Waals surface area (Å²) in [5.74, 6) is -2.01. The number of carbonyl (C=O) groups excluding carboxylic acids is 1. The zero-order valence-corrected chi connectivity index (χ0v) is 18.9. The number of ether oxygens (including phenoxy) is 1. The van der Waals surface area contributed by atoms with Crippen LogP contribution in [0.1, 0.15) is 47.7 Å². The molecule has 0 bridgehead atoms. The maximum Gasteiger partial charge on any atom is 0.348 e. The predicted molar refractivity (Wildman–Crippen MR) is 119 cm³/mol. The molecule has 0 aliphatic carbocycles. The van der Waals surface area contributed by atoms with Gasteiger partial charge in [0.05, 0.1) is 24.6 Å². The summed E-state index contributed by atoms with van der Waals surface area (Å²) in [5, 5.41) is 20.5. The fourth-order valence-corrected chi connectivity index (χ4v) is 4.64. The molecule has 2 aromatic heterocycles. The number of fused-ring (bicyclic) bond motifs is 1. The van der Waals surface area contributed by atoms with Crippen LogP contribution in [0.4, 0.5) is 0 Å². The highest BCUT2D eigenvalue weighted by Crippen LogP contribution is 2.30. The van der Waals surface area contributed by atoms with E-state index in [0.29, 0.717) is 15.7 Å². The Labute approximate surface area is 187 Å². The van der Waals surface area contributed by atoms with Crippen molar-refractivity contribution >= 4 is 33.5 Å². The zero-order chi connectivity index (χ0) is 23.8. The van der Waals surface area contributed by atoms with Crippen molar-refractivity contribution in [3.63, 3.8) is 0 Å². The maximum absolute atomic E-state index is 13.4. The number of aromatic nitrogens is 2. The molecule has 3 rings (SSSR count). The van der Waals surface area contributed by atoms with Crippen LogP contribution >= 0.6 is 11.3 Å². The van der Waals surface area contributed by atoms with Gasteiger partial charge < -0.3 is 14.9 Å². The first-order valence-corrected chi connectivity index (χ1v) is 10.8. The quantitative estimate of drug-likeness (QED) is 0.518. The second-order valence-corrected chi connectivity index (χ2v) is 8.78. The molecular weight excluding hydrogens is 436 g/mol. The zero-order valence-electron chi connectivity index (χ0n) is 18.1. The van der Waals surface area contributed by atoms with Crippen LogP contribution in [0.5, 0.6) is 0 Å². The normalized spacial score (nSPS) is 12.7. The van der Waals surface area contributed by atoms with E-state index in [1.54, 1.807) is 44.2 Å². The molecule has 1 aromatic carbocycles. The van der Waals surface area contributed by atoms with Gasteiger partial charge in [0.1, 0.15) is 15.2 Å². The molecule has 0 spiro atoms. The summed E-state index contributed by atoms with van der Waals surface area (Å²) < 4.78 is 6.88. The van der Waals surface area contributed by atoms with Crippen LogP contribution in [-0.4, -0.2) is 37.9 Å². The summed E-state index contributed by atoms with van der Waals surface area (Å²) in [4.78, 5) is 51.3. The fraction of sp³-hybridized carbons (Fsp3) is 0.364. The first-order chi connectivity index (χ1) is 15.0. The largest absolute Gasteiger partial charge is 0.480 e. The molecule has 9 nitrogen and oxygen atoms in total. The molecule has 0 fully saturated rings. The van der Waals surface area contributed by atoms with Crippen molar-refractivity contribution in [3.8, 4) is 0 Å². The third-order valence-electron chi connectivity index (χ3n) is 5.30. The number of esters is 1. The Morgan fingerprint density at radius 1 is 1.19 bits per heavy atom. The van der Waals surface area contributed by atoms with Crippen LogP contribution in [0.3, 0.4) is 0 Å². The maximum atomic E-state index is 13.4. The third-order valence-corrected chi connectivity index (χ3v) is 6.59. The number of aryl methyl sites for hydroxylation is 1. The van der Waals surface area contributed by atoms with Crippen molar-refractivity contribution < 1.29 is 24.5 Å². The molecule has 10 heteroatoms. The van der Waals surface area contributed by atoms with E-state index in [2.05, 4.69) is 0 Å². The Morgan fingerprint density at radius 2 is 1.81 bits per heavy atom. The second-order valence-electron chi connectivity index (χ2n) is 7.78. The highest BCUT2D eigenvalue weighted by atomic mass is 32.1. The van der Waals surface area contributed by atoms with E-state index < -0.39 is 34.8 Å². The summed E-state index contributed by atoms with van der Waals surface area (Å²) in [6.07, 6.45) is -1.11. The summed E-state index contributed by atoms with van der Waals surface area (Å²) in [5.41, 5.74) is -2.72. The SMILES string of the molecule is CCOC(=O)c1sc2c(c1C)c(=O)n(C(C)(C)C(=O)O)c(=O)n2C[C@@H](O)c1ccccc1. The number of nitrogens with zero attached hydrogens (tertiary/aromatic N) is 2. The number of aliphatic hydroxyl groups excluding tert-OH is 1. The first-order valence-electron chi connectivity index (χ1n) is 9.95. The van der Waals surface area contributed by atoms with Crippen LogP contribution in [0.2, 0.25) is 0 Å². The molecule has 32 heavy (non-hydrogen) atoms. The van der Waals surface area contributed by atoms with E-state index in [0.717, 1.165) is 15.9 Å². The number of hydrogen-bond donors (Lipinski definition) is 2. The van der Waals surface area contributed by atoms with Crippen LogP contribution in [-0.2, 0) is 21.6 Å². The Balaban J connectivity index is 2.36. The van der Waals surface area contributed by atoms with Crippen molar-refractivity contribution in [2.45, 2.75) is 45.9 Å². The number of aliphatic hydroxyl groups is 1. The van der Waals surface area contributed by atoms with Gasteiger partial charge in [-0.15, -0.1) is 11.3 Å². The molecule has 0 unspecified atom stereocenters. The van der Waals surface area contributed by atoms with Crippen LogP contribution in [0.25, 0.3) is 10.2 Å². The number of carboxylic acids is 1. The van der Waals surface area contributed by atoms with Gasteiger partial charge in [-0.25, -0.2) is 19.0 Å². The average Bonchev–Trinajstić information content (AvgIpc) is 3.09. The van der Waals surface area contributed by atoms with E-state index in [-0.39, 0.29) is 28.2 Å². The highest BCUT2D eigenvalue weighted by Gasteiger charge is 2.36. The van der Waals surface area contributed by atoms with Crippen molar-refractivity contribution in [3.05, 3.63) is 67.2 Å². The van der Waals surface area contributed by atoms with Crippen LogP contribution in [0.15, 0.2) is 39.9 Å². The second kappa shape index (κ2) is 8.71. The first kappa shape index (κ1) is 23.4. The smallest absolute Gasteiger partial charge is 0.348 e. The molecule has 0 amide bonds. The number of carbonyl (C=O) groups is 2. The van der Waals surface area contributed by atoms with E-state index in [1.165, 1.54) is 13.8 Å². The van der Waals surface area contributed by atoms with E-state index >= 15 is 0 Å². The highest BCUT2D eigenvalue weighted by molar-refractivity contribution is 7.20. The number of thiophene rings is 1. The van der Waals surface area contributed by atoms with Gasteiger partial charge in [-0.3, -0.25) is 9.36 Å². The van der Waals surface area contributed by atoms with E-state index in [1.807, 2.05) is 0 Å². The lowest BCUT2D eigenvalue weighted by molar-refractivity contribution is -0.146. The molecule has 170 valence electrons. The molecule has 2 heterocycles. The van der Waals surface area contributed by atoms with Gasteiger partial charge in [0.2, 0.25) is 0 Å². The fourth-order valence-electron chi connectivity index (χ4n) is 3.44. The number of aliphatic carboxylic acids is 1. The van der Waals surface area contributed by atoms with Crippen molar-refractivity contribution in [1.82, 2.24) is 9.13 Å². The number of hydrogen-bond acceptors (Lipinski definition) is 7. The average molecular weight is 461 g/mol. The minimum Gasteiger partial charge on any atom is -0.480 e. The summed E-state index contributed by atoms with van der Waals surface area (Å²) in [7, 11) is 0. The molecule has 3 aromatic rings. The Hall–Kier alpha value is -3.24. The van der Waals surface area contributed by atoms with Crippen molar-refractivity contribution in [1.29, 1.82) is 0 Å². The van der Waals surface area contributed by atoms with Crippen molar-refractivity contribution in [2.75, 3.05) is 6.61 Å². The summed E-state index contributed by atoms with van der Waals surface area (Å²) in [6, 6.07) is 8.63. The topological polar surface area (TPSA) is 128 Å². The Bertz CT molecular complexity index is 1300. The molecule has 0 saturated heterocycles. The van der Waals surface area contributed by atoms with Gasteiger partial charge in [-0.1, -0.05) is 30.3 Å². The van der Waals surface area contributed by atoms with Gasteiger partial charge >= 0.3 is 17.6 Å². The summed E-state index contributed by atoms with van der Waals surface area (Å²) in [6.45, 7) is 5.58. The third kappa shape index (κ3) is 3.87. The van der Waals surface area contributed by atoms with Crippen LogP contribution < -0.4 is 11.2 Å². The van der Waals surface area contributed by atoms with E-state index in [4.69, 9.17) is 4.74 Å². The Kier molecular flexibility index (Phi) is 6.38. The van der Waals surface area contributed by atoms with Crippen LogP contribution in [0, 0.1) is 6.92 Å². The number of carboxylic acid groups (broad SMARTS) is 1. The monoisotopic (exact) mass is 460 g/mol. The molecule has 1 atom stereocenters. The lowest BCUT2D eigenvalue weighted by Crippen LogP contribution is -2.52. The van der Waals surface area contributed by atoms with Crippen molar-refractivity contribution in [2.24, 2.45) is 0 Å². The minimum absolute atomic E-state index is 0.0484. The molecule has 0 aliphatic rings. The lowest BCUT2D eigenvalue weighted by atomic mass is 10.1. The predicted octanol–water partition coefficient (Wildman–Crippen LogP) is 2.26. The van der Waals surface area contributed by atoms with Gasteiger partial charge in [0.25, 0.3) is 5.56 Å². The van der Waals surface area contributed by atoms with Gasteiger partial charge in [0.15, 0.2) is 0 Å². The Morgan fingerprint density at radius 3 is 2.38 bits per heavy atom. The van der Waals surface area contributed by atoms with Gasteiger partial charge in [0, 0.05) is 0 Å². The summed E-state index contributed by atoms with van der Waals surface area (Å²) >= 11 is 0.908.